The monoisotopic (exact) mass is 449 g/mol. The first-order chi connectivity index (χ1) is 14.0. The lowest BCUT2D eigenvalue weighted by atomic mass is 9.90. The van der Waals surface area contributed by atoms with Crippen molar-refractivity contribution in [3.05, 3.63) is 59.7 Å². The molecular formula is C20H17F6NO2S. The van der Waals surface area contributed by atoms with Crippen LogP contribution in [0.25, 0.3) is 0 Å². The lowest BCUT2D eigenvalue weighted by molar-refractivity contribution is -0.241. The molecule has 0 saturated carbocycles. The zero-order chi connectivity index (χ0) is 21.9. The van der Waals surface area contributed by atoms with E-state index >= 15 is 0 Å². The summed E-state index contributed by atoms with van der Waals surface area (Å²) in [7, 11) is 0. The Kier molecular flexibility index (Phi) is 6.66. The highest BCUT2D eigenvalue weighted by Gasteiger charge is 2.43. The van der Waals surface area contributed by atoms with E-state index in [4.69, 9.17) is 0 Å². The molecule has 0 aromatic heterocycles. The molecule has 0 amide bonds. The molecule has 162 valence electrons. The summed E-state index contributed by atoms with van der Waals surface area (Å²) < 4.78 is 75.2. The van der Waals surface area contributed by atoms with Crippen LogP contribution in [0.15, 0.2) is 58.3 Å². The Labute approximate surface area is 173 Å². The van der Waals surface area contributed by atoms with Gasteiger partial charge in [-0.15, -0.1) is 5.06 Å². The summed E-state index contributed by atoms with van der Waals surface area (Å²) in [5.74, 6) is -2.21. The maximum Gasteiger partial charge on any atom is 0.492 e. The van der Waals surface area contributed by atoms with Crippen molar-refractivity contribution < 1.29 is 36.0 Å². The minimum atomic E-state index is -5.04. The van der Waals surface area contributed by atoms with E-state index in [-0.39, 0.29) is 19.0 Å². The van der Waals surface area contributed by atoms with Crippen LogP contribution in [0.5, 0.6) is 0 Å². The molecule has 1 aliphatic rings. The van der Waals surface area contributed by atoms with Gasteiger partial charge in [0.2, 0.25) is 0 Å². The van der Waals surface area contributed by atoms with Gasteiger partial charge in [-0.25, -0.2) is 4.79 Å². The van der Waals surface area contributed by atoms with Crippen molar-refractivity contribution in [2.24, 2.45) is 0 Å². The number of carbonyl (C=O) groups is 1. The molecule has 1 saturated heterocycles. The van der Waals surface area contributed by atoms with E-state index in [0.29, 0.717) is 17.7 Å². The molecule has 1 fully saturated rings. The maximum atomic E-state index is 12.7. The molecule has 3 rings (SSSR count). The Balaban J connectivity index is 1.66. The van der Waals surface area contributed by atoms with Crippen molar-refractivity contribution >= 4 is 17.7 Å². The quantitative estimate of drug-likeness (QED) is 0.531. The molecule has 0 spiro atoms. The van der Waals surface area contributed by atoms with Crippen LogP contribution in [-0.2, 0) is 15.8 Å². The van der Waals surface area contributed by atoms with E-state index in [9.17, 15) is 31.1 Å². The van der Waals surface area contributed by atoms with Gasteiger partial charge in [-0.05, 0) is 54.7 Å². The molecule has 2 aromatic carbocycles. The molecule has 1 aliphatic heterocycles. The van der Waals surface area contributed by atoms with E-state index in [1.165, 1.54) is 23.9 Å². The van der Waals surface area contributed by atoms with Crippen LogP contribution in [0.2, 0.25) is 0 Å². The molecule has 30 heavy (non-hydrogen) atoms. The number of hydrogen-bond acceptors (Lipinski definition) is 4. The fourth-order valence-corrected chi connectivity index (χ4v) is 4.20. The van der Waals surface area contributed by atoms with Crippen LogP contribution < -0.4 is 0 Å². The molecule has 10 heteroatoms. The fraction of sp³-hybridized carbons (Fsp3) is 0.350. The van der Waals surface area contributed by atoms with Gasteiger partial charge in [0, 0.05) is 22.9 Å². The van der Waals surface area contributed by atoms with Gasteiger partial charge in [0.15, 0.2) is 0 Å². The summed E-state index contributed by atoms with van der Waals surface area (Å²) in [5, 5.41) is 1.01. The van der Waals surface area contributed by atoms with Crippen LogP contribution in [0.1, 0.15) is 29.9 Å². The Hall–Kier alpha value is -2.20. The smallest absolute Gasteiger partial charge is 0.361 e. The van der Waals surface area contributed by atoms with Gasteiger partial charge in [0.1, 0.15) is 0 Å². The Morgan fingerprint density at radius 3 is 2.10 bits per heavy atom. The van der Waals surface area contributed by atoms with Gasteiger partial charge in [0.05, 0.1) is 5.56 Å². The van der Waals surface area contributed by atoms with E-state index in [2.05, 4.69) is 4.84 Å². The molecule has 0 unspecified atom stereocenters. The summed E-state index contributed by atoms with van der Waals surface area (Å²) in [4.78, 5) is 16.9. The number of benzene rings is 2. The highest BCUT2D eigenvalue weighted by Crippen LogP contribution is 2.39. The Bertz CT molecular complexity index is 874. The van der Waals surface area contributed by atoms with Crippen LogP contribution in [0, 0.1) is 0 Å². The molecule has 3 nitrogen and oxygen atoms in total. The van der Waals surface area contributed by atoms with Crippen molar-refractivity contribution in [1.82, 2.24) is 5.06 Å². The van der Waals surface area contributed by atoms with E-state index in [0.717, 1.165) is 27.7 Å². The minimum Gasteiger partial charge on any atom is -0.361 e. The van der Waals surface area contributed by atoms with E-state index in [1.807, 2.05) is 24.3 Å². The number of carbonyl (C=O) groups excluding carboxylic acids is 1. The standard InChI is InChI=1S/C20H17F6NO2S/c21-19(22,23)14-5-7-15(8-6-14)30-17-4-2-1-3-16(17)13-9-11-27(12-10-13)29-18(28)20(24,25)26/h1-8,13H,9-12H2. The van der Waals surface area contributed by atoms with Crippen molar-refractivity contribution in [2.75, 3.05) is 13.1 Å². The summed E-state index contributed by atoms with van der Waals surface area (Å²) >= 11 is 1.33. The van der Waals surface area contributed by atoms with Gasteiger partial charge in [-0.1, -0.05) is 30.0 Å². The van der Waals surface area contributed by atoms with Crippen LogP contribution in [-0.4, -0.2) is 30.3 Å². The first-order valence-corrected chi connectivity index (χ1v) is 9.84. The average Bonchev–Trinajstić information content (AvgIpc) is 2.68. The molecule has 0 atom stereocenters. The summed E-state index contributed by atoms with van der Waals surface area (Å²) in [6, 6.07) is 12.3. The second-order valence-electron chi connectivity index (χ2n) is 6.74. The first-order valence-electron chi connectivity index (χ1n) is 9.02. The third-order valence-electron chi connectivity index (χ3n) is 4.67. The summed E-state index contributed by atoms with van der Waals surface area (Å²) in [6.45, 7) is 0.317. The second kappa shape index (κ2) is 8.89. The van der Waals surface area contributed by atoms with E-state index < -0.39 is 23.9 Å². The Morgan fingerprint density at radius 1 is 0.933 bits per heavy atom. The third-order valence-corrected chi connectivity index (χ3v) is 5.77. The number of hydroxylamine groups is 2. The topological polar surface area (TPSA) is 29.5 Å². The number of piperidine rings is 1. The third kappa shape index (κ3) is 5.69. The average molecular weight is 449 g/mol. The number of alkyl halides is 6. The molecule has 0 bridgehead atoms. The molecule has 2 aromatic rings. The number of nitrogens with zero attached hydrogens (tertiary/aromatic N) is 1. The van der Waals surface area contributed by atoms with Crippen molar-refractivity contribution in [1.29, 1.82) is 0 Å². The van der Waals surface area contributed by atoms with Crippen LogP contribution >= 0.6 is 11.8 Å². The lowest BCUT2D eigenvalue weighted by Crippen LogP contribution is -2.39. The number of hydrogen-bond donors (Lipinski definition) is 0. The molecule has 0 aliphatic carbocycles. The summed E-state index contributed by atoms with van der Waals surface area (Å²) in [6.07, 6.45) is -8.47. The largest absolute Gasteiger partial charge is 0.492 e. The zero-order valence-corrected chi connectivity index (χ0v) is 16.3. The van der Waals surface area contributed by atoms with Crippen LogP contribution in [0.3, 0.4) is 0 Å². The fourth-order valence-electron chi connectivity index (χ4n) is 3.18. The normalized spacial score (nSPS) is 16.5. The molecular weight excluding hydrogens is 432 g/mol. The van der Waals surface area contributed by atoms with Crippen molar-refractivity contribution in [2.45, 2.75) is 40.9 Å². The lowest BCUT2D eigenvalue weighted by Gasteiger charge is -2.31. The zero-order valence-electron chi connectivity index (χ0n) is 15.5. The van der Waals surface area contributed by atoms with Gasteiger partial charge < -0.3 is 4.84 Å². The van der Waals surface area contributed by atoms with E-state index in [1.54, 1.807) is 0 Å². The van der Waals surface area contributed by atoms with Gasteiger partial charge >= 0.3 is 18.3 Å². The van der Waals surface area contributed by atoms with Crippen LogP contribution in [0.4, 0.5) is 26.3 Å². The molecule has 0 N–H and O–H groups in total. The number of halogens is 6. The van der Waals surface area contributed by atoms with Gasteiger partial charge in [-0.2, -0.15) is 26.3 Å². The highest BCUT2D eigenvalue weighted by atomic mass is 32.2. The minimum absolute atomic E-state index is 0.0315. The second-order valence-corrected chi connectivity index (χ2v) is 7.86. The highest BCUT2D eigenvalue weighted by molar-refractivity contribution is 7.99. The Morgan fingerprint density at radius 2 is 1.53 bits per heavy atom. The maximum absolute atomic E-state index is 12.7. The summed E-state index contributed by atoms with van der Waals surface area (Å²) in [5.41, 5.74) is 0.241. The van der Waals surface area contributed by atoms with Crippen molar-refractivity contribution in [3.8, 4) is 0 Å². The molecule has 1 heterocycles. The predicted molar refractivity (Wildman–Crippen MR) is 97.7 cm³/mol. The molecule has 0 radical (unpaired) electrons. The van der Waals surface area contributed by atoms with Gasteiger partial charge in [-0.3, -0.25) is 0 Å². The van der Waals surface area contributed by atoms with Gasteiger partial charge in [0.25, 0.3) is 0 Å². The first kappa shape index (κ1) is 22.5. The van der Waals surface area contributed by atoms with Crippen molar-refractivity contribution in [3.63, 3.8) is 0 Å². The number of rotatable bonds is 4. The SMILES string of the molecule is O=C(ON1CCC(c2ccccc2Sc2ccc(C(F)(F)F)cc2)CC1)C(F)(F)F. The predicted octanol–water partition coefficient (Wildman–Crippen LogP) is 6.06.